The topological polar surface area (TPSA) is 101 Å². The molecule has 2 N–H and O–H groups in total. The number of benzene rings is 2. The predicted molar refractivity (Wildman–Crippen MR) is 148 cm³/mol. The smallest absolute Gasteiger partial charge is 0.267 e. The first-order valence-corrected chi connectivity index (χ1v) is 14.1. The van der Waals surface area contributed by atoms with E-state index in [1.807, 2.05) is 42.5 Å². The van der Waals surface area contributed by atoms with Gasteiger partial charge in [0, 0.05) is 30.6 Å². The summed E-state index contributed by atoms with van der Waals surface area (Å²) in [4.78, 5) is 13.7. The van der Waals surface area contributed by atoms with Gasteiger partial charge in [-0.05, 0) is 67.3 Å². The fourth-order valence-corrected chi connectivity index (χ4v) is 6.10. The second-order valence-electron chi connectivity index (χ2n) is 9.15. The molecule has 1 aromatic heterocycles. The molecule has 4 rings (SSSR count). The third kappa shape index (κ3) is 6.61. The molecule has 0 radical (unpaired) electrons. The normalized spacial score (nSPS) is 15.0. The maximum absolute atomic E-state index is 13.7. The van der Waals surface area contributed by atoms with Crippen molar-refractivity contribution in [2.75, 3.05) is 26.2 Å². The molecule has 1 aliphatic heterocycles. The Morgan fingerprint density at radius 3 is 2.58 bits per heavy atom. The Bertz CT molecular complexity index is 1380. The number of amides is 1. The lowest BCUT2D eigenvalue weighted by atomic mass is 10.0. The van der Waals surface area contributed by atoms with Crippen molar-refractivity contribution < 1.29 is 23.2 Å². The number of rotatable bonds is 12. The summed E-state index contributed by atoms with van der Waals surface area (Å²) in [7, 11) is -3.94. The molecule has 0 saturated carbocycles. The molecule has 3 aromatic rings. The van der Waals surface area contributed by atoms with Crippen LogP contribution in [-0.2, 0) is 14.8 Å². The minimum Gasteiger partial charge on any atom is -0.493 e. The van der Waals surface area contributed by atoms with E-state index in [9.17, 15) is 13.2 Å². The summed E-state index contributed by atoms with van der Waals surface area (Å²) in [5, 5.41) is 7.59. The molecule has 0 aliphatic carbocycles. The fourth-order valence-electron chi connectivity index (χ4n) is 4.58. The average Bonchev–Trinajstić information content (AvgIpc) is 3.64. The van der Waals surface area contributed by atoms with Gasteiger partial charge in [-0.1, -0.05) is 48.5 Å². The van der Waals surface area contributed by atoms with Crippen molar-refractivity contribution in [3.8, 4) is 16.9 Å². The molecule has 1 atom stereocenters. The van der Waals surface area contributed by atoms with Crippen LogP contribution in [0.4, 0.5) is 0 Å². The Balaban J connectivity index is 1.62. The van der Waals surface area contributed by atoms with Crippen molar-refractivity contribution in [2.24, 2.45) is 0 Å². The SMILES string of the molecule is C=CC(c1ccc(-c2ccccc2)cc1OCCCN1CCCC1)S(=O)(=O)n1ccc(/C=C/C(=O)NO)c1. The highest BCUT2D eigenvalue weighted by molar-refractivity contribution is 7.90. The predicted octanol–water partition coefficient (Wildman–Crippen LogP) is 4.64. The second kappa shape index (κ2) is 12.7. The number of likely N-dealkylation sites (tertiary alicyclic amines) is 1. The quantitative estimate of drug-likeness (QED) is 0.115. The first-order valence-electron chi connectivity index (χ1n) is 12.6. The lowest BCUT2D eigenvalue weighted by Crippen LogP contribution is -2.22. The minimum atomic E-state index is -3.94. The Kier molecular flexibility index (Phi) is 9.17. The molecule has 8 nitrogen and oxygen atoms in total. The van der Waals surface area contributed by atoms with Gasteiger partial charge in [0.05, 0.1) is 6.61 Å². The number of ether oxygens (including phenoxy) is 1. The molecule has 38 heavy (non-hydrogen) atoms. The minimum absolute atomic E-state index is 0.469. The molecule has 1 fully saturated rings. The van der Waals surface area contributed by atoms with Gasteiger partial charge in [-0.15, -0.1) is 6.58 Å². The summed E-state index contributed by atoms with van der Waals surface area (Å²) in [6.45, 7) is 7.48. The molecule has 9 heteroatoms. The zero-order chi connectivity index (χ0) is 27.0. The van der Waals surface area contributed by atoms with E-state index in [1.165, 1.54) is 42.9 Å². The molecule has 2 heterocycles. The number of nitrogens with one attached hydrogen (secondary N) is 1. The van der Waals surface area contributed by atoms with Crippen LogP contribution in [-0.4, -0.2) is 54.6 Å². The van der Waals surface area contributed by atoms with E-state index in [0.717, 1.165) is 47.2 Å². The van der Waals surface area contributed by atoms with E-state index in [2.05, 4.69) is 11.5 Å². The van der Waals surface area contributed by atoms with Crippen molar-refractivity contribution in [2.45, 2.75) is 24.5 Å². The maximum atomic E-state index is 13.7. The number of hydrogen-bond acceptors (Lipinski definition) is 6. The zero-order valence-electron chi connectivity index (χ0n) is 21.2. The van der Waals surface area contributed by atoms with E-state index in [-0.39, 0.29) is 0 Å². The molecule has 2 aromatic carbocycles. The van der Waals surface area contributed by atoms with Crippen molar-refractivity contribution in [3.63, 3.8) is 0 Å². The monoisotopic (exact) mass is 535 g/mol. The summed E-state index contributed by atoms with van der Waals surface area (Å²) in [6.07, 6.45) is 10.0. The maximum Gasteiger partial charge on any atom is 0.267 e. The van der Waals surface area contributed by atoms with Gasteiger partial charge in [0.2, 0.25) is 10.0 Å². The van der Waals surface area contributed by atoms with Crippen molar-refractivity contribution in [1.82, 2.24) is 14.4 Å². The van der Waals surface area contributed by atoms with Gasteiger partial charge in [-0.2, -0.15) is 0 Å². The Morgan fingerprint density at radius 1 is 1.11 bits per heavy atom. The second-order valence-corrected chi connectivity index (χ2v) is 11.1. The molecular formula is C29H33N3O5S. The lowest BCUT2D eigenvalue weighted by Gasteiger charge is -2.20. The zero-order valence-corrected chi connectivity index (χ0v) is 22.0. The fraction of sp³-hybridized carbons (Fsp3) is 0.276. The molecular weight excluding hydrogens is 502 g/mol. The number of aromatic nitrogens is 1. The number of carbonyl (C=O) groups excluding carboxylic acids is 1. The standard InChI is InChI=1S/C29H33N3O5S/c1-2-28(38(35,36)32-19-15-23(22-32)11-14-29(33)30-34)26-13-12-25(24-9-4-3-5-10-24)21-27(26)37-20-8-18-31-16-6-7-17-31/h2-5,9-15,19,21-22,28,34H,1,6-8,16-18,20H2,(H,30,33)/b14-11+. The van der Waals surface area contributed by atoms with Crippen LogP contribution in [0.25, 0.3) is 17.2 Å². The Labute approximate surface area is 223 Å². The Morgan fingerprint density at radius 2 is 1.87 bits per heavy atom. The molecule has 1 saturated heterocycles. The number of nitrogens with zero attached hydrogens (tertiary/aromatic N) is 2. The van der Waals surface area contributed by atoms with E-state index < -0.39 is 21.2 Å². The third-order valence-electron chi connectivity index (χ3n) is 6.56. The van der Waals surface area contributed by atoms with Crippen LogP contribution in [0.3, 0.4) is 0 Å². The van der Waals surface area contributed by atoms with E-state index >= 15 is 0 Å². The van der Waals surface area contributed by atoms with Crippen LogP contribution >= 0.6 is 0 Å². The Hall–Kier alpha value is -3.66. The molecule has 1 unspecified atom stereocenters. The van der Waals surface area contributed by atoms with Crippen LogP contribution < -0.4 is 10.2 Å². The van der Waals surface area contributed by atoms with Crippen LogP contribution in [0, 0.1) is 0 Å². The van der Waals surface area contributed by atoms with Crippen molar-refractivity contribution in [1.29, 1.82) is 0 Å². The van der Waals surface area contributed by atoms with Gasteiger partial charge in [-0.25, -0.2) is 13.9 Å². The number of hydroxylamine groups is 1. The molecule has 0 bridgehead atoms. The molecule has 1 aliphatic rings. The molecule has 1 amide bonds. The third-order valence-corrected chi connectivity index (χ3v) is 8.46. The van der Waals surface area contributed by atoms with Gasteiger partial charge in [-0.3, -0.25) is 14.0 Å². The van der Waals surface area contributed by atoms with E-state index in [4.69, 9.17) is 9.94 Å². The summed E-state index contributed by atoms with van der Waals surface area (Å²) in [5.74, 6) is -0.206. The lowest BCUT2D eigenvalue weighted by molar-refractivity contribution is -0.124. The van der Waals surface area contributed by atoms with Crippen molar-refractivity contribution >= 4 is 22.0 Å². The highest BCUT2D eigenvalue weighted by atomic mass is 32.2. The highest BCUT2D eigenvalue weighted by Crippen LogP contribution is 2.36. The van der Waals surface area contributed by atoms with Gasteiger partial charge in [0.1, 0.15) is 11.0 Å². The van der Waals surface area contributed by atoms with Crippen molar-refractivity contribution in [3.05, 3.63) is 96.8 Å². The number of hydrogen-bond donors (Lipinski definition) is 2. The average molecular weight is 536 g/mol. The van der Waals surface area contributed by atoms with Gasteiger partial charge >= 0.3 is 0 Å². The molecule has 0 spiro atoms. The summed E-state index contributed by atoms with van der Waals surface area (Å²) in [6, 6.07) is 17.0. The number of carbonyl (C=O) groups is 1. The van der Waals surface area contributed by atoms with Gasteiger partial charge < -0.3 is 9.64 Å². The molecule has 200 valence electrons. The first kappa shape index (κ1) is 27.4. The largest absolute Gasteiger partial charge is 0.493 e. The van der Waals surface area contributed by atoms with Crippen LogP contribution in [0.2, 0.25) is 0 Å². The van der Waals surface area contributed by atoms with Crippen LogP contribution in [0.5, 0.6) is 5.75 Å². The summed E-state index contributed by atoms with van der Waals surface area (Å²) < 4.78 is 34.7. The van der Waals surface area contributed by atoms with E-state index in [1.54, 1.807) is 12.1 Å². The summed E-state index contributed by atoms with van der Waals surface area (Å²) in [5.41, 5.74) is 4.43. The summed E-state index contributed by atoms with van der Waals surface area (Å²) >= 11 is 0. The highest BCUT2D eigenvalue weighted by Gasteiger charge is 2.29. The van der Waals surface area contributed by atoms with Gasteiger partial charge in [0.25, 0.3) is 5.91 Å². The van der Waals surface area contributed by atoms with Gasteiger partial charge in [0.15, 0.2) is 0 Å². The van der Waals surface area contributed by atoms with E-state index in [0.29, 0.717) is 23.5 Å². The van der Waals surface area contributed by atoms with Crippen LogP contribution in [0.15, 0.2) is 85.7 Å². The first-order chi connectivity index (χ1) is 18.4. The van der Waals surface area contributed by atoms with Crippen LogP contribution in [0.1, 0.15) is 35.6 Å².